The van der Waals surface area contributed by atoms with E-state index < -0.39 is 0 Å². The predicted octanol–water partition coefficient (Wildman–Crippen LogP) is 1.80. The number of hydrogen-bond acceptors (Lipinski definition) is 2. The summed E-state index contributed by atoms with van der Waals surface area (Å²) in [6.45, 7) is 0.204. The summed E-state index contributed by atoms with van der Waals surface area (Å²) in [6.07, 6.45) is 1.04. The molecule has 2 N–H and O–H groups in total. The van der Waals surface area contributed by atoms with Crippen molar-refractivity contribution in [2.45, 2.75) is 12.5 Å². The number of ether oxygens (including phenoxy) is 1. The van der Waals surface area contributed by atoms with Gasteiger partial charge in [-0.3, -0.25) is 0 Å². The molecular formula is C11H12FNO. The van der Waals surface area contributed by atoms with E-state index >= 15 is 0 Å². The molecule has 0 radical (unpaired) electrons. The Hall–Kier alpha value is -1.35. The molecule has 0 bridgehead atoms. The summed E-state index contributed by atoms with van der Waals surface area (Å²) in [7, 11) is 0. The molecule has 0 spiro atoms. The lowest BCUT2D eigenvalue weighted by Crippen LogP contribution is -2.21. The Morgan fingerprint density at radius 1 is 1.57 bits per heavy atom. The Bertz CT molecular complexity index is 337. The molecule has 3 heteroatoms. The Kier molecular flexibility index (Phi) is 2.50. The van der Waals surface area contributed by atoms with E-state index in [2.05, 4.69) is 0 Å². The molecule has 1 aliphatic rings. The van der Waals surface area contributed by atoms with Crippen LogP contribution in [0.15, 0.2) is 36.2 Å². The van der Waals surface area contributed by atoms with Gasteiger partial charge in [0, 0.05) is 18.5 Å². The molecule has 0 aliphatic carbocycles. The van der Waals surface area contributed by atoms with E-state index in [-0.39, 0.29) is 12.6 Å². The third-order valence-corrected chi connectivity index (χ3v) is 2.44. The molecule has 74 valence electrons. The molecule has 0 aromatic heterocycles. The van der Waals surface area contributed by atoms with Crippen molar-refractivity contribution >= 4 is 0 Å². The number of benzene rings is 1. The Labute approximate surface area is 82.2 Å². The highest BCUT2D eigenvalue weighted by atomic mass is 19.1. The summed E-state index contributed by atoms with van der Waals surface area (Å²) in [5, 5.41) is 0. The fourth-order valence-corrected chi connectivity index (χ4v) is 1.64. The summed E-state index contributed by atoms with van der Waals surface area (Å²) in [4.78, 5) is 0. The molecule has 0 saturated heterocycles. The van der Waals surface area contributed by atoms with Gasteiger partial charge in [0.2, 0.25) is 0 Å². The highest BCUT2D eigenvalue weighted by Gasteiger charge is 2.24. The van der Waals surface area contributed by atoms with Gasteiger partial charge in [0.05, 0.1) is 6.33 Å². The maximum absolute atomic E-state index is 12.4. The van der Waals surface area contributed by atoms with Gasteiger partial charge in [-0.2, -0.15) is 0 Å². The second kappa shape index (κ2) is 3.80. The van der Waals surface area contributed by atoms with Crippen LogP contribution >= 0.6 is 0 Å². The lowest BCUT2D eigenvalue weighted by Gasteiger charge is -2.11. The molecule has 0 saturated carbocycles. The van der Waals surface area contributed by atoms with Gasteiger partial charge >= 0.3 is 0 Å². The molecule has 1 aromatic carbocycles. The standard InChI is InChI=1S/C11H12FNO/c12-6-9(7-13)11-5-8-3-1-2-4-10(8)14-11/h1-4,6,11H,5,7,13H2/b9-6+/t11-/m0/s1. The Morgan fingerprint density at radius 3 is 3.00 bits per heavy atom. The number of para-hydroxylation sites is 1. The fourth-order valence-electron chi connectivity index (χ4n) is 1.64. The first-order chi connectivity index (χ1) is 6.85. The SMILES string of the molecule is NC/C(=C\F)[C@@H]1Cc2ccccc2O1. The van der Waals surface area contributed by atoms with Gasteiger partial charge in [0.1, 0.15) is 11.9 Å². The van der Waals surface area contributed by atoms with Crippen LogP contribution < -0.4 is 10.5 Å². The lowest BCUT2D eigenvalue weighted by molar-refractivity contribution is 0.266. The monoisotopic (exact) mass is 193 g/mol. The summed E-state index contributed by atoms with van der Waals surface area (Å²) in [5.74, 6) is 0.838. The molecule has 0 amide bonds. The van der Waals surface area contributed by atoms with Crippen molar-refractivity contribution in [2.75, 3.05) is 6.54 Å². The van der Waals surface area contributed by atoms with Gasteiger partial charge in [0.25, 0.3) is 0 Å². The zero-order valence-electron chi connectivity index (χ0n) is 7.74. The second-order valence-electron chi connectivity index (χ2n) is 3.31. The highest BCUT2D eigenvalue weighted by Crippen LogP contribution is 2.30. The van der Waals surface area contributed by atoms with Crippen LogP contribution in [0.3, 0.4) is 0 Å². The van der Waals surface area contributed by atoms with E-state index in [1.165, 1.54) is 0 Å². The number of rotatable bonds is 2. The van der Waals surface area contributed by atoms with Crippen LogP contribution in [0.5, 0.6) is 5.75 Å². The predicted molar refractivity (Wildman–Crippen MR) is 52.8 cm³/mol. The van der Waals surface area contributed by atoms with Crippen molar-refractivity contribution in [3.8, 4) is 5.75 Å². The minimum absolute atomic E-state index is 0.204. The van der Waals surface area contributed by atoms with Crippen LogP contribution in [0.25, 0.3) is 0 Å². The van der Waals surface area contributed by atoms with E-state index in [4.69, 9.17) is 10.5 Å². The van der Waals surface area contributed by atoms with E-state index in [1.807, 2.05) is 24.3 Å². The van der Waals surface area contributed by atoms with Gasteiger partial charge in [-0.15, -0.1) is 0 Å². The minimum atomic E-state index is -0.220. The van der Waals surface area contributed by atoms with Crippen molar-refractivity contribution in [1.82, 2.24) is 0 Å². The normalized spacial score (nSPS) is 20.4. The van der Waals surface area contributed by atoms with Gasteiger partial charge in [-0.1, -0.05) is 18.2 Å². The van der Waals surface area contributed by atoms with Crippen molar-refractivity contribution in [1.29, 1.82) is 0 Å². The van der Waals surface area contributed by atoms with Gasteiger partial charge in [-0.05, 0) is 11.6 Å². The molecule has 1 heterocycles. The van der Waals surface area contributed by atoms with E-state index in [0.717, 1.165) is 11.3 Å². The third-order valence-electron chi connectivity index (χ3n) is 2.44. The summed E-state index contributed by atoms with van der Waals surface area (Å²) >= 11 is 0. The van der Waals surface area contributed by atoms with E-state index in [1.54, 1.807) is 0 Å². The zero-order valence-corrected chi connectivity index (χ0v) is 7.74. The smallest absolute Gasteiger partial charge is 0.128 e. The van der Waals surface area contributed by atoms with Gasteiger partial charge in [0.15, 0.2) is 0 Å². The first-order valence-electron chi connectivity index (χ1n) is 4.59. The first kappa shape index (κ1) is 9.21. The van der Waals surface area contributed by atoms with Gasteiger partial charge < -0.3 is 10.5 Å². The molecule has 0 fully saturated rings. The highest BCUT2D eigenvalue weighted by molar-refractivity contribution is 5.39. The molecule has 2 nitrogen and oxygen atoms in total. The average molecular weight is 193 g/mol. The van der Waals surface area contributed by atoms with Crippen molar-refractivity contribution < 1.29 is 9.13 Å². The topological polar surface area (TPSA) is 35.2 Å². The summed E-state index contributed by atoms with van der Waals surface area (Å²) < 4.78 is 18.0. The number of fused-ring (bicyclic) bond motifs is 1. The number of hydrogen-bond donors (Lipinski definition) is 1. The number of nitrogens with two attached hydrogens (primary N) is 1. The summed E-state index contributed by atoms with van der Waals surface area (Å²) in [5.41, 5.74) is 7.04. The van der Waals surface area contributed by atoms with Crippen LogP contribution in [0.4, 0.5) is 4.39 Å². The molecule has 14 heavy (non-hydrogen) atoms. The Morgan fingerprint density at radius 2 is 2.36 bits per heavy atom. The largest absolute Gasteiger partial charge is 0.485 e. The van der Waals surface area contributed by atoms with Crippen molar-refractivity contribution in [2.24, 2.45) is 5.73 Å². The minimum Gasteiger partial charge on any atom is -0.485 e. The first-order valence-corrected chi connectivity index (χ1v) is 4.59. The molecule has 1 atom stereocenters. The maximum Gasteiger partial charge on any atom is 0.128 e. The van der Waals surface area contributed by atoms with Crippen molar-refractivity contribution in [3.05, 3.63) is 41.7 Å². The Balaban J connectivity index is 2.19. The van der Waals surface area contributed by atoms with E-state index in [9.17, 15) is 4.39 Å². The zero-order chi connectivity index (χ0) is 9.97. The summed E-state index contributed by atoms with van der Waals surface area (Å²) in [6, 6.07) is 7.73. The molecule has 2 rings (SSSR count). The van der Waals surface area contributed by atoms with Gasteiger partial charge in [-0.25, -0.2) is 4.39 Å². The molecular weight excluding hydrogens is 181 g/mol. The van der Waals surface area contributed by atoms with Crippen LogP contribution in [0.1, 0.15) is 5.56 Å². The lowest BCUT2D eigenvalue weighted by atomic mass is 10.1. The van der Waals surface area contributed by atoms with E-state index in [0.29, 0.717) is 18.3 Å². The van der Waals surface area contributed by atoms with Crippen LogP contribution in [0, 0.1) is 0 Å². The van der Waals surface area contributed by atoms with Crippen LogP contribution in [-0.4, -0.2) is 12.6 Å². The fraction of sp³-hybridized carbons (Fsp3) is 0.273. The number of halogens is 1. The molecule has 1 aliphatic heterocycles. The molecule has 1 aromatic rings. The second-order valence-corrected chi connectivity index (χ2v) is 3.31. The maximum atomic E-state index is 12.4. The van der Waals surface area contributed by atoms with Crippen LogP contribution in [-0.2, 0) is 6.42 Å². The third kappa shape index (κ3) is 1.51. The quantitative estimate of drug-likeness (QED) is 0.777. The van der Waals surface area contributed by atoms with Crippen LogP contribution in [0.2, 0.25) is 0 Å². The molecule has 0 unspecified atom stereocenters. The average Bonchev–Trinajstić information content (AvgIpc) is 2.63. The van der Waals surface area contributed by atoms with Crippen molar-refractivity contribution in [3.63, 3.8) is 0 Å².